The fraction of sp³-hybridized carbons (Fsp3) is 0.333. The number of benzene rings is 3. The minimum Gasteiger partial charge on any atom is -0.390 e. The molecule has 0 aliphatic heterocycles. The van der Waals surface area contributed by atoms with Crippen LogP contribution in [0.5, 0.6) is 0 Å². The highest BCUT2D eigenvalue weighted by atomic mass is 19.1. The number of carbonyl (C=O) groups excluding carboxylic acids is 2. The first-order valence-corrected chi connectivity index (χ1v) is 12.7. The van der Waals surface area contributed by atoms with Crippen LogP contribution in [-0.4, -0.2) is 35.6 Å². The van der Waals surface area contributed by atoms with E-state index in [9.17, 15) is 23.5 Å². The summed E-state index contributed by atoms with van der Waals surface area (Å²) in [7, 11) is 0. The lowest BCUT2D eigenvalue weighted by atomic mass is 9.97. The van der Waals surface area contributed by atoms with Crippen molar-refractivity contribution in [2.24, 2.45) is 0 Å². The molecule has 0 aromatic heterocycles. The van der Waals surface area contributed by atoms with E-state index >= 15 is 0 Å². The first kappa shape index (κ1) is 28.9. The third-order valence-corrected chi connectivity index (χ3v) is 6.32. The van der Waals surface area contributed by atoms with E-state index in [2.05, 4.69) is 35.0 Å². The number of hydrogen-bond donors (Lipinski definition) is 4. The van der Waals surface area contributed by atoms with Crippen molar-refractivity contribution < 1.29 is 23.5 Å². The van der Waals surface area contributed by atoms with Gasteiger partial charge in [0.05, 0.1) is 12.1 Å². The molecule has 38 heavy (non-hydrogen) atoms. The fourth-order valence-corrected chi connectivity index (χ4v) is 4.57. The van der Waals surface area contributed by atoms with Crippen molar-refractivity contribution in [3.05, 3.63) is 99.6 Å². The first-order valence-electron chi connectivity index (χ1n) is 12.7. The van der Waals surface area contributed by atoms with E-state index in [1.54, 1.807) is 26.0 Å². The molecule has 0 aliphatic carbocycles. The lowest BCUT2D eigenvalue weighted by molar-refractivity contribution is -0.114. The number of aliphatic hydroxyl groups is 1. The van der Waals surface area contributed by atoms with Gasteiger partial charge in [-0.1, -0.05) is 31.2 Å². The zero-order valence-corrected chi connectivity index (χ0v) is 22.2. The average Bonchev–Trinajstić information content (AvgIpc) is 2.82. The van der Waals surface area contributed by atoms with Gasteiger partial charge in [-0.3, -0.25) is 9.59 Å². The predicted molar refractivity (Wildman–Crippen MR) is 145 cm³/mol. The molecule has 0 saturated heterocycles. The van der Waals surface area contributed by atoms with Crippen LogP contribution in [0.3, 0.4) is 0 Å². The number of aliphatic hydroxyl groups excluding tert-OH is 1. The highest BCUT2D eigenvalue weighted by Crippen LogP contribution is 2.21. The minimum absolute atomic E-state index is 0.0245. The van der Waals surface area contributed by atoms with E-state index in [1.807, 2.05) is 12.1 Å². The Bertz CT molecular complexity index is 1250. The van der Waals surface area contributed by atoms with E-state index in [1.165, 1.54) is 24.6 Å². The number of rotatable bonds is 11. The summed E-state index contributed by atoms with van der Waals surface area (Å²) >= 11 is 0. The Balaban J connectivity index is 1.78. The van der Waals surface area contributed by atoms with Crippen molar-refractivity contribution in [1.82, 2.24) is 10.6 Å². The standard InChI is InChI=1S/C30H35F2N3O3/c1-5-21-7-6-8-22(11-21)16-33-17-28(37)27(14-23-12-24(31)15-25(32)13-23)35-30(38)29-18(2)9-26(10-19(29)3)34-20(4)36/h6-13,15,27-28,33,37H,5,14,16-17H2,1-4H3,(H,34,36)(H,35,38)/t27?,28-/m1/s1. The van der Waals surface area contributed by atoms with Gasteiger partial charge < -0.3 is 21.1 Å². The summed E-state index contributed by atoms with van der Waals surface area (Å²) in [5.41, 5.74) is 4.86. The fourth-order valence-electron chi connectivity index (χ4n) is 4.57. The maximum absolute atomic E-state index is 13.9. The van der Waals surface area contributed by atoms with E-state index in [0.717, 1.165) is 18.1 Å². The van der Waals surface area contributed by atoms with Gasteiger partial charge in [0.1, 0.15) is 11.6 Å². The Morgan fingerprint density at radius 3 is 2.16 bits per heavy atom. The largest absolute Gasteiger partial charge is 0.390 e. The molecule has 0 heterocycles. The normalized spacial score (nSPS) is 12.6. The Morgan fingerprint density at radius 1 is 0.921 bits per heavy atom. The molecule has 3 aromatic rings. The molecule has 0 radical (unpaired) electrons. The zero-order valence-electron chi connectivity index (χ0n) is 22.2. The van der Waals surface area contributed by atoms with Gasteiger partial charge in [0.2, 0.25) is 5.91 Å². The lowest BCUT2D eigenvalue weighted by Gasteiger charge is -2.26. The number of anilines is 1. The van der Waals surface area contributed by atoms with Gasteiger partial charge in [0.25, 0.3) is 5.91 Å². The monoisotopic (exact) mass is 523 g/mol. The number of amides is 2. The third-order valence-electron chi connectivity index (χ3n) is 6.32. The van der Waals surface area contributed by atoms with Crippen molar-refractivity contribution in [1.29, 1.82) is 0 Å². The van der Waals surface area contributed by atoms with Crippen LogP contribution in [0.15, 0.2) is 54.6 Å². The summed E-state index contributed by atoms with van der Waals surface area (Å²) in [6.07, 6.45) is -0.102. The number of hydrogen-bond acceptors (Lipinski definition) is 4. The van der Waals surface area contributed by atoms with Crippen LogP contribution in [0.25, 0.3) is 0 Å². The van der Waals surface area contributed by atoms with Crippen LogP contribution in [0.2, 0.25) is 0 Å². The van der Waals surface area contributed by atoms with E-state index in [4.69, 9.17) is 0 Å². The van der Waals surface area contributed by atoms with Crippen LogP contribution in [0, 0.1) is 25.5 Å². The predicted octanol–water partition coefficient (Wildman–Crippen LogP) is 4.59. The van der Waals surface area contributed by atoms with Gasteiger partial charge in [0.15, 0.2) is 0 Å². The molecule has 8 heteroatoms. The van der Waals surface area contributed by atoms with Crippen LogP contribution >= 0.6 is 0 Å². The lowest BCUT2D eigenvalue weighted by Crippen LogP contribution is -2.49. The molecule has 202 valence electrons. The van der Waals surface area contributed by atoms with Gasteiger partial charge in [-0.2, -0.15) is 0 Å². The Hall–Kier alpha value is -3.62. The smallest absolute Gasteiger partial charge is 0.252 e. The second-order valence-electron chi connectivity index (χ2n) is 9.60. The van der Waals surface area contributed by atoms with Crippen LogP contribution in [0.4, 0.5) is 14.5 Å². The number of carbonyl (C=O) groups is 2. The van der Waals surface area contributed by atoms with Crippen molar-refractivity contribution in [2.75, 3.05) is 11.9 Å². The van der Waals surface area contributed by atoms with Gasteiger partial charge in [-0.05, 0) is 78.8 Å². The van der Waals surface area contributed by atoms with Gasteiger partial charge in [0, 0.05) is 37.3 Å². The third kappa shape index (κ3) is 8.19. The second kappa shape index (κ2) is 13.3. The molecular weight excluding hydrogens is 488 g/mol. The average molecular weight is 524 g/mol. The van der Waals surface area contributed by atoms with Crippen LogP contribution in [-0.2, 0) is 24.2 Å². The second-order valence-corrected chi connectivity index (χ2v) is 9.60. The maximum Gasteiger partial charge on any atom is 0.252 e. The molecule has 0 saturated carbocycles. The van der Waals surface area contributed by atoms with Crippen LogP contribution in [0.1, 0.15) is 52.0 Å². The maximum atomic E-state index is 13.9. The summed E-state index contributed by atoms with van der Waals surface area (Å²) in [5, 5.41) is 19.8. The molecule has 6 nitrogen and oxygen atoms in total. The Kier molecular flexibility index (Phi) is 10.1. The minimum atomic E-state index is -1.04. The summed E-state index contributed by atoms with van der Waals surface area (Å²) < 4.78 is 27.7. The zero-order chi connectivity index (χ0) is 27.8. The van der Waals surface area contributed by atoms with Gasteiger partial charge in [-0.15, -0.1) is 0 Å². The van der Waals surface area contributed by atoms with Gasteiger partial charge in [-0.25, -0.2) is 8.78 Å². The quantitative estimate of drug-likeness (QED) is 0.296. The SMILES string of the molecule is CCc1cccc(CNC[C@@H](O)C(Cc2cc(F)cc(F)c2)NC(=O)c2c(C)cc(NC(C)=O)cc2C)c1. The summed E-state index contributed by atoms with van der Waals surface area (Å²) in [6, 6.07) is 13.8. The summed E-state index contributed by atoms with van der Waals surface area (Å²) in [5.74, 6) is -2.10. The van der Waals surface area contributed by atoms with E-state index in [0.29, 0.717) is 34.5 Å². The molecule has 1 unspecified atom stereocenters. The molecular formula is C30H35F2N3O3. The van der Waals surface area contributed by atoms with Crippen LogP contribution < -0.4 is 16.0 Å². The molecule has 0 bridgehead atoms. The molecule has 3 aromatic carbocycles. The van der Waals surface area contributed by atoms with Crippen molar-refractivity contribution in [2.45, 2.75) is 59.2 Å². The summed E-state index contributed by atoms with van der Waals surface area (Å²) in [4.78, 5) is 24.8. The molecule has 0 fully saturated rings. The molecule has 2 atom stereocenters. The molecule has 3 rings (SSSR count). The Labute approximate surface area is 222 Å². The molecule has 4 N–H and O–H groups in total. The highest BCUT2D eigenvalue weighted by molar-refractivity contribution is 5.98. The highest BCUT2D eigenvalue weighted by Gasteiger charge is 2.24. The van der Waals surface area contributed by atoms with Crippen molar-refractivity contribution in [3.63, 3.8) is 0 Å². The van der Waals surface area contributed by atoms with E-state index in [-0.39, 0.29) is 18.9 Å². The van der Waals surface area contributed by atoms with Crippen molar-refractivity contribution in [3.8, 4) is 0 Å². The Morgan fingerprint density at radius 2 is 1.55 bits per heavy atom. The van der Waals surface area contributed by atoms with E-state index < -0.39 is 29.7 Å². The number of aryl methyl sites for hydroxylation is 3. The molecule has 2 amide bonds. The molecule has 0 spiro atoms. The van der Waals surface area contributed by atoms with Gasteiger partial charge >= 0.3 is 0 Å². The number of nitrogens with one attached hydrogen (secondary N) is 3. The number of halogens is 2. The first-order chi connectivity index (χ1) is 18.0. The van der Waals surface area contributed by atoms with Crippen molar-refractivity contribution >= 4 is 17.5 Å². The summed E-state index contributed by atoms with van der Waals surface area (Å²) in [6.45, 7) is 7.66. The topological polar surface area (TPSA) is 90.5 Å². The molecule has 0 aliphatic rings.